The minimum Gasteiger partial charge on any atom is -0.431 e. The summed E-state index contributed by atoms with van der Waals surface area (Å²) in [7, 11) is 0. The lowest BCUT2D eigenvalue weighted by atomic mass is 10.2. The zero-order valence-electron chi connectivity index (χ0n) is 10.7. The van der Waals surface area contributed by atoms with Crippen LogP contribution in [0.15, 0.2) is 46.9 Å². The molecule has 3 rings (SSSR count). The van der Waals surface area contributed by atoms with E-state index in [1.165, 1.54) is 12.1 Å². The van der Waals surface area contributed by atoms with Gasteiger partial charge < -0.3 is 4.42 Å². The van der Waals surface area contributed by atoms with E-state index in [4.69, 9.17) is 40.5 Å². The van der Waals surface area contributed by atoms with Crippen LogP contribution < -0.4 is 0 Å². The molecule has 0 aliphatic rings. The average molecular weight is 338 g/mol. The first-order valence-electron chi connectivity index (χ1n) is 6.12. The van der Waals surface area contributed by atoms with Crippen molar-refractivity contribution < 1.29 is 8.81 Å². The van der Waals surface area contributed by atoms with E-state index in [2.05, 4.69) is 0 Å². The van der Waals surface area contributed by atoms with E-state index in [1.807, 2.05) is 0 Å². The van der Waals surface area contributed by atoms with Crippen molar-refractivity contribution in [2.24, 2.45) is 0 Å². The highest BCUT2D eigenvalue weighted by Crippen LogP contribution is 2.22. The molecule has 0 saturated carbocycles. The summed E-state index contributed by atoms with van der Waals surface area (Å²) in [6, 6.07) is 11.4. The fraction of sp³-hybridized carbons (Fsp3) is 0.0667. The van der Waals surface area contributed by atoms with Gasteiger partial charge in [-0.25, -0.2) is 4.39 Å². The van der Waals surface area contributed by atoms with E-state index < -0.39 is 0 Å². The second-order valence-corrected chi connectivity index (χ2v) is 5.70. The summed E-state index contributed by atoms with van der Waals surface area (Å²) in [5.41, 5.74) is 1.49. The summed E-state index contributed by atoms with van der Waals surface area (Å²) in [5, 5.41) is 1.31. The molecule has 3 aromatic rings. The van der Waals surface area contributed by atoms with Gasteiger partial charge in [0.25, 0.3) is 4.84 Å². The molecule has 0 saturated heterocycles. The average Bonchev–Trinajstić information content (AvgIpc) is 2.46. The Balaban J connectivity index is 2.16. The first-order valence-corrected chi connectivity index (χ1v) is 7.32. The molecule has 0 radical (unpaired) electrons. The van der Waals surface area contributed by atoms with Crippen LogP contribution in [0, 0.1) is 15.3 Å². The Hall–Kier alpha value is -1.56. The summed E-state index contributed by atoms with van der Waals surface area (Å²) in [6.45, 7) is 0.421. The van der Waals surface area contributed by atoms with Crippen LogP contribution in [0.3, 0.4) is 0 Å². The fourth-order valence-corrected chi connectivity index (χ4v) is 2.83. The lowest BCUT2D eigenvalue weighted by molar-refractivity contribution is 0.505. The first-order chi connectivity index (χ1) is 10.0. The highest BCUT2D eigenvalue weighted by molar-refractivity contribution is 7.72. The molecule has 21 heavy (non-hydrogen) atoms. The zero-order valence-corrected chi connectivity index (χ0v) is 13.1. The molecule has 0 atom stereocenters. The molecule has 1 aromatic heterocycles. The number of fused-ring (bicyclic) bond motifs is 1. The van der Waals surface area contributed by atoms with Gasteiger partial charge in [-0.05, 0) is 48.1 Å². The summed E-state index contributed by atoms with van der Waals surface area (Å²) in [5.74, 6) is -0.282. The molecule has 2 nitrogen and oxygen atoms in total. The van der Waals surface area contributed by atoms with E-state index >= 15 is 0 Å². The van der Waals surface area contributed by atoms with Gasteiger partial charge in [-0.3, -0.25) is 4.57 Å². The Kier molecular flexibility index (Phi) is 3.89. The Morgan fingerprint density at radius 3 is 2.52 bits per heavy atom. The van der Waals surface area contributed by atoms with E-state index in [0.29, 0.717) is 21.8 Å². The zero-order chi connectivity index (χ0) is 15.0. The van der Waals surface area contributed by atoms with Crippen molar-refractivity contribution >= 4 is 47.0 Å². The minimum absolute atomic E-state index is 0.277. The van der Waals surface area contributed by atoms with E-state index in [9.17, 15) is 4.39 Å². The van der Waals surface area contributed by atoms with Crippen LogP contribution in [-0.4, -0.2) is 4.57 Å². The predicted octanol–water partition coefficient (Wildman–Crippen LogP) is 5.53. The summed E-state index contributed by atoms with van der Waals surface area (Å²) in [6.07, 6.45) is 0. The van der Waals surface area contributed by atoms with Gasteiger partial charge in [0.1, 0.15) is 16.0 Å². The third kappa shape index (κ3) is 2.90. The van der Waals surface area contributed by atoms with Gasteiger partial charge in [-0.2, -0.15) is 0 Å². The van der Waals surface area contributed by atoms with Crippen LogP contribution in [0.2, 0.25) is 5.02 Å². The Morgan fingerprint density at radius 1 is 1.10 bits per heavy atom. The maximum Gasteiger partial charge on any atom is 0.270 e. The largest absolute Gasteiger partial charge is 0.431 e. The molecule has 6 heteroatoms. The number of nitrogens with zero attached hydrogens (tertiary/aromatic N) is 1. The number of hydrogen-bond acceptors (Lipinski definition) is 3. The van der Waals surface area contributed by atoms with Crippen molar-refractivity contribution in [3.63, 3.8) is 0 Å². The Morgan fingerprint density at radius 2 is 1.81 bits per heavy atom. The predicted molar refractivity (Wildman–Crippen MR) is 86.4 cm³/mol. The van der Waals surface area contributed by atoms with Crippen molar-refractivity contribution in [3.05, 3.63) is 68.3 Å². The van der Waals surface area contributed by atoms with Crippen LogP contribution in [0.4, 0.5) is 4.39 Å². The van der Waals surface area contributed by atoms with Gasteiger partial charge >= 0.3 is 0 Å². The molecule has 0 spiro atoms. The molecule has 2 aromatic carbocycles. The fourth-order valence-electron chi connectivity index (χ4n) is 2.04. The molecule has 0 bridgehead atoms. The van der Waals surface area contributed by atoms with E-state index in [1.54, 1.807) is 34.9 Å². The SMILES string of the molecule is Fc1ccc(Cn2c(=S)oc3ccc(Cl)cc3c2=S)cc1. The summed E-state index contributed by atoms with van der Waals surface area (Å²) >= 11 is 16.7. The third-order valence-electron chi connectivity index (χ3n) is 3.09. The topological polar surface area (TPSA) is 18.1 Å². The second kappa shape index (κ2) is 5.67. The molecule has 0 N–H and O–H groups in total. The molecular formula is C15H9ClFNOS2. The van der Waals surface area contributed by atoms with Gasteiger partial charge in [0.05, 0.1) is 11.9 Å². The van der Waals surface area contributed by atoms with E-state index in [0.717, 1.165) is 10.9 Å². The van der Waals surface area contributed by atoms with Crippen LogP contribution >= 0.6 is 36.0 Å². The molecule has 0 aliphatic carbocycles. The first kappa shape index (κ1) is 14.4. The normalized spacial score (nSPS) is 11.0. The molecule has 0 amide bonds. The Labute approximate surface area is 135 Å². The smallest absolute Gasteiger partial charge is 0.270 e. The molecule has 0 fully saturated rings. The van der Waals surface area contributed by atoms with Gasteiger partial charge in [0.2, 0.25) is 0 Å². The highest BCUT2D eigenvalue weighted by atomic mass is 35.5. The maximum absolute atomic E-state index is 13.0. The van der Waals surface area contributed by atoms with Gasteiger partial charge in [0, 0.05) is 5.02 Å². The number of halogens is 2. The van der Waals surface area contributed by atoms with Crippen LogP contribution in [0.25, 0.3) is 11.0 Å². The van der Waals surface area contributed by atoms with Crippen molar-refractivity contribution in [2.75, 3.05) is 0 Å². The summed E-state index contributed by atoms with van der Waals surface area (Å²) in [4.78, 5) is 0.277. The van der Waals surface area contributed by atoms with Crippen LogP contribution in [0.1, 0.15) is 5.56 Å². The van der Waals surface area contributed by atoms with E-state index in [-0.39, 0.29) is 10.7 Å². The molecule has 106 valence electrons. The Bertz CT molecular complexity index is 931. The molecule has 0 aliphatic heterocycles. The second-order valence-electron chi connectivity index (χ2n) is 4.53. The van der Waals surface area contributed by atoms with Crippen molar-refractivity contribution in [1.29, 1.82) is 0 Å². The highest BCUT2D eigenvalue weighted by Gasteiger charge is 2.06. The van der Waals surface area contributed by atoms with Crippen molar-refractivity contribution in [2.45, 2.75) is 6.54 Å². The minimum atomic E-state index is -0.282. The molecule has 1 heterocycles. The van der Waals surface area contributed by atoms with Crippen molar-refractivity contribution in [3.8, 4) is 0 Å². The standard InChI is InChI=1S/C15H9ClFNOS2/c16-10-3-6-13-12(7-10)14(20)18(15(21)19-13)8-9-1-4-11(17)5-2-9/h1-7H,8H2. The monoisotopic (exact) mass is 337 g/mol. The number of aromatic nitrogens is 1. The van der Waals surface area contributed by atoms with Gasteiger partial charge in [-0.15, -0.1) is 0 Å². The molecular weight excluding hydrogens is 329 g/mol. The number of benzene rings is 2. The van der Waals surface area contributed by atoms with Crippen LogP contribution in [-0.2, 0) is 6.54 Å². The quantitative estimate of drug-likeness (QED) is 0.572. The number of rotatable bonds is 2. The number of hydrogen-bond donors (Lipinski definition) is 0. The maximum atomic E-state index is 13.0. The van der Waals surface area contributed by atoms with Crippen molar-refractivity contribution in [1.82, 2.24) is 4.57 Å². The lowest BCUT2D eigenvalue weighted by Gasteiger charge is -2.09. The summed E-state index contributed by atoms with van der Waals surface area (Å²) < 4.78 is 20.8. The van der Waals surface area contributed by atoms with Gasteiger partial charge in [0.15, 0.2) is 0 Å². The van der Waals surface area contributed by atoms with Gasteiger partial charge in [-0.1, -0.05) is 36.0 Å². The third-order valence-corrected chi connectivity index (χ3v) is 4.07. The molecule has 0 unspecified atom stereocenters. The lowest BCUT2D eigenvalue weighted by Crippen LogP contribution is -2.04. The van der Waals surface area contributed by atoms with Crippen LogP contribution in [0.5, 0.6) is 0 Å².